The van der Waals surface area contributed by atoms with Crippen LogP contribution in [-0.2, 0) is 16.0 Å². The number of ether oxygens (including phenoxy) is 2. The number of para-hydroxylation sites is 1. The van der Waals surface area contributed by atoms with E-state index >= 15 is 0 Å². The monoisotopic (exact) mass is 488 g/mol. The van der Waals surface area contributed by atoms with Gasteiger partial charge >= 0.3 is 0 Å². The number of fused-ring (bicyclic) bond motifs is 1. The zero-order valence-electron chi connectivity index (χ0n) is 16.4. The van der Waals surface area contributed by atoms with Crippen LogP contribution in [0.15, 0.2) is 41.5 Å². The van der Waals surface area contributed by atoms with E-state index in [1.54, 1.807) is 7.11 Å². The third-order valence-electron chi connectivity index (χ3n) is 4.04. The summed E-state index contributed by atoms with van der Waals surface area (Å²) in [6, 6.07) is 10.6. The van der Waals surface area contributed by atoms with Gasteiger partial charge in [-0.1, -0.05) is 18.2 Å². The molecule has 2 rings (SSSR count). The first kappa shape index (κ1) is 23.7. The topological polar surface area (TPSA) is 59.8 Å². The van der Waals surface area contributed by atoms with E-state index in [1.807, 2.05) is 0 Å². The van der Waals surface area contributed by atoms with Crippen LogP contribution in [0.2, 0.25) is 0 Å². The molecule has 6 nitrogen and oxygen atoms in total. The van der Waals surface area contributed by atoms with Gasteiger partial charge in [-0.25, -0.2) is 0 Å². The van der Waals surface area contributed by atoms with Gasteiger partial charge in [0.1, 0.15) is 0 Å². The summed E-state index contributed by atoms with van der Waals surface area (Å²) in [5, 5.41) is 7.93. The zero-order chi connectivity index (χ0) is 18.5. The van der Waals surface area contributed by atoms with Crippen molar-refractivity contribution in [3.8, 4) is 0 Å². The number of rotatable bonds is 12. The smallest absolute Gasteiger partial charge is 0.191 e. The molecule has 2 aromatic rings. The number of halogens is 1. The van der Waals surface area contributed by atoms with Gasteiger partial charge in [0.05, 0.1) is 13.2 Å². The molecule has 27 heavy (non-hydrogen) atoms. The molecule has 0 fully saturated rings. The van der Waals surface area contributed by atoms with Gasteiger partial charge in [0.15, 0.2) is 5.96 Å². The molecule has 0 amide bonds. The predicted molar refractivity (Wildman–Crippen MR) is 123 cm³/mol. The molecule has 1 heterocycles. The maximum atomic E-state index is 5.46. The summed E-state index contributed by atoms with van der Waals surface area (Å²) in [6.45, 7) is 7.59. The summed E-state index contributed by atoms with van der Waals surface area (Å²) < 4.78 is 12.7. The van der Waals surface area contributed by atoms with Gasteiger partial charge in [0.2, 0.25) is 0 Å². The minimum Gasteiger partial charge on any atom is -0.382 e. The fourth-order valence-corrected chi connectivity index (χ4v) is 2.73. The Balaban J connectivity index is 0.00000364. The van der Waals surface area contributed by atoms with Crippen LogP contribution < -0.4 is 10.6 Å². The number of benzene rings is 1. The molecule has 1 aromatic carbocycles. The largest absolute Gasteiger partial charge is 0.382 e. The SMILES string of the molecule is CCNC(=NCCCn1ccc2ccccc21)NCCCOCCOC.I. The maximum Gasteiger partial charge on any atom is 0.191 e. The minimum atomic E-state index is 0. The second kappa shape index (κ2) is 14.7. The number of aryl methyl sites for hydroxylation is 1. The fraction of sp³-hybridized carbons (Fsp3) is 0.550. The number of aromatic nitrogens is 1. The molecule has 0 atom stereocenters. The molecule has 0 aliphatic carbocycles. The van der Waals surface area contributed by atoms with E-state index in [2.05, 4.69) is 63.6 Å². The average Bonchev–Trinajstić information content (AvgIpc) is 3.07. The van der Waals surface area contributed by atoms with Crippen LogP contribution >= 0.6 is 24.0 Å². The Labute approximate surface area is 179 Å². The first-order chi connectivity index (χ1) is 12.8. The first-order valence-corrected chi connectivity index (χ1v) is 9.48. The number of hydrogen-bond acceptors (Lipinski definition) is 3. The van der Waals surface area contributed by atoms with E-state index in [0.29, 0.717) is 13.2 Å². The Morgan fingerprint density at radius 2 is 1.93 bits per heavy atom. The molecular formula is C20H33IN4O2. The second-order valence-electron chi connectivity index (χ2n) is 6.07. The van der Waals surface area contributed by atoms with Crippen molar-refractivity contribution in [1.82, 2.24) is 15.2 Å². The van der Waals surface area contributed by atoms with Crippen LogP contribution in [0.3, 0.4) is 0 Å². The summed E-state index contributed by atoms with van der Waals surface area (Å²) in [7, 11) is 1.68. The molecule has 0 unspecified atom stereocenters. The van der Waals surface area contributed by atoms with E-state index in [1.165, 1.54) is 10.9 Å². The van der Waals surface area contributed by atoms with Crippen molar-refractivity contribution in [3.63, 3.8) is 0 Å². The summed E-state index contributed by atoms with van der Waals surface area (Å²) >= 11 is 0. The highest BCUT2D eigenvalue weighted by Crippen LogP contribution is 2.15. The minimum absolute atomic E-state index is 0. The second-order valence-corrected chi connectivity index (χ2v) is 6.07. The number of hydrogen-bond donors (Lipinski definition) is 2. The highest BCUT2D eigenvalue weighted by molar-refractivity contribution is 14.0. The molecule has 0 saturated heterocycles. The molecule has 7 heteroatoms. The van der Waals surface area contributed by atoms with Crippen LogP contribution in [0.25, 0.3) is 10.9 Å². The van der Waals surface area contributed by atoms with Gasteiger partial charge in [-0.05, 0) is 37.3 Å². The molecule has 0 aliphatic rings. The lowest BCUT2D eigenvalue weighted by Gasteiger charge is -2.11. The molecule has 0 radical (unpaired) electrons. The molecule has 152 valence electrons. The summed E-state index contributed by atoms with van der Waals surface area (Å²) in [4.78, 5) is 4.66. The lowest BCUT2D eigenvalue weighted by Crippen LogP contribution is -2.38. The van der Waals surface area contributed by atoms with Gasteiger partial charge in [0.25, 0.3) is 0 Å². The molecule has 0 bridgehead atoms. The zero-order valence-corrected chi connectivity index (χ0v) is 18.8. The lowest BCUT2D eigenvalue weighted by molar-refractivity contribution is 0.0698. The van der Waals surface area contributed by atoms with Crippen molar-refractivity contribution in [2.45, 2.75) is 26.3 Å². The predicted octanol–water partition coefficient (Wildman–Crippen LogP) is 3.26. The van der Waals surface area contributed by atoms with Gasteiger partial charge < -0.3 is 24.7 Å². The number of nitrogens with zero attached hydrogens (tertiary/aromatic N) is 2. The highest BCUT2D eigenvalue weighted by atomic mass is 127. The third kappa shape index (κ3) is 8.94. The van der Waals surface area contributed by atoms with Crippen molar-refractivity contribution in [3.05, 3.63) is 36.5 Å². The van der Waals surface area contributed by atoms with E-state index in [-0.39, 0.29) is 24.0 Å². The molecule has 0 spiro atoms. The van der Waals surface area contributed by atoms with Crippen molar-refractivity contribution < 1.29 is 9.47 Å². The van der Waals surface area contributed by atoms with Crippen LogP contribution in [0.5, 0.6) is 0 Å². The number of nitrogens with one attached hydrogen (secondary N) is 2. The molecule has 2 N–H and O–H groups in total. The summed E-state index contributed by atoms with van der Waals surface area (Å²) in [5.41, 5.74) is 1.29. The first-order valence-electron chi connectivity index (χ1n) is 9.48. The molecule has 0 aliphatic heterocycles. The molecular weight excluding hydrogens is 455 g/mol. The Bertz CT molecular complexity index is 660. The summed E-state index contributed by atoms with van der Waals surface area (Å²) in [6.07, 6.45) is 4.11. The van der Waals surface area contributed by atoms with Crippen molar-refractivity contribution in [2.24, 2.45) is 4.99 Å². The van der Waals surface area contributed by atoms with Crippen LogP contribution in [0.1, 0.15) is 19.8 Å². The Morgan fingerprint density at radius 1 is 1.07 bits per heavy atom. The highest BCUT2D eigenvalue weighted by Gasteiger charge is 2.00. The average molecular weight is 488 g/mol. The van der Waals surface area contributed by atoms with Crippen LogP contribution in [0.4, 0.5) is 0 Å². The Hall–Kier alpha value is -1.32. The fourth-order valence-electron chi connectivity index (χ4n) is 2.73. The van der Waals surface area contributed by atoms with Crippen molar-refractivity contribution in [1.29, 1.82) is 0 Å². The van der Waals surface area contributed by atoms with Crippen molar-refractivity contribution >= 4 is 40.8 Å². The molecule has 1 aromatic heterocycles. The van der Waals surface area contributed by atoms with Gasteiger partial charge in [-0.2, -0.15) is 0 Å². The van der Waals surface area contributed by atoms with Gasteiger partial charge in [0, 0.05) is 51.6 Å². The van der Waals surface area contributed by atoms with Gasteiger partial charge in [-0.15, -0.1) is 24.0 Å². The Morgan fingerprint density at radius 3 is 2.74 bits per heavy atom. The molecule has 0 saturated carbocycles. The van der Waals surface area contributed by atoms with E-state index in [0.717, 1.165) is 51.6 Å². The maximum absolute atomic E-state index is 5.46. The Kier molecular flexibility index (Phi) is 12.9. The number of methoxy groups -OCH3 is 1. The summed E-state index contributed by atoms with van der Waals surface area (Å²) in [5.74, 6) is 0.877. The van der Waals surface area contributed by atoms with Crippen LogP contribution in [0, 0.1) is 0 Å². The van der Waals surface area contributed by atoms with E-state index < -0.39 is 0 Å². The normalized spacial score (nSPS) is 11.4. The number of guanidine groups is 1. The van der Waals surface area contributed by atoms with Crippen molar-refractivity contribution in [2.75, 3.05) is 46.6 Å². The van der Waals surface area contributed by atoms with Crippen LogP contribution in [-0.4, -0.2) is 57.1 Å². The lowest BCUT2D eigenvalue weighted by atomic mass is 10.2. The van der Waals surface area contributed by atoms with Gasteiger partial charge in [-0.3, -0.25) is 4.99 Å². The number of aliphatic imine (C=N–C) groups is 1. The van der Waals surface area contributed by atoms with E-state index in [9.17, 15) is 0 Å². The quantitative estimate of drug-likeness (QED) is 0.209. The standard InChI is InChI=1S/C20H32N4O2.HI/c1-3-21-20(23-12-7-15-26-17-16-25-2)22-11-6-13-24-14-10-18-8-4-5-9-19(18)24;/h4-5,8-10,14H,3,6-7,11-13,15-17H2,1-2H3,(H2,21,22,23);1H. The third-order valence-corrected chi connectivity index (χ3v) is 4.04. The van der Waals surface area contributed by atoms with E-state index in [4.69, 9.17) is 9.47 Å².